The van der Waals surface area contributed by atoms with Crippen molar-refractivity contribution < 1.29 is 19.0 Å². The molecule has 0 radical (unpaired) electrons. The molecule has 0 bridgehead atoms. The van der Waals surface area contributed by atoms with Crippen LogP contribution in [0.15, 0.2) is 18.2 Å². The van der Waals surface area contributed by atoms with Gasteiger partial charge in [-0.1, -0.05) is 12.1 Å². The van der Waals surface area contributed by atoms with Crippen LogP contribution in [0.3, 0.4) is 0 Å². The van der Waals surface area contributed by atoms with Crippen LogP contribution in [0.2, 0.25) is 0 Å². The number of carbonyl (C=O) groups excluding carboxylic acids is 1. The Morgan fingerprint density at radius 3 is 2.88 bits per heavy atom. The first kappa shape index (κ1) is 10.7. The minimum Gasteiger partial charge on any atom is -0.493 e. The monoisotopic (exact) mass is 234 g/mol. The zero-order chi connectivity index (χ0) is 11.7. The Morgan fingerprint density at radius 2 is 2.06 bits per heavy atom. The van der Waals surface area contributed by atoms with Gasteiger partial charge in [-0.15, -0.1) is 0 Å². The van der Waals surface area contributed by atoms with E-state index in [1.807, 2.05) is 12.1 Å². The second kappa shape index (κ2) is 4.47. The molecule has 0 spiro atoms. The topological polar surface area (TPSA) is 44.8 Å². The van der Waals surface area contributed by atoms with Gasteiger partial charge >= 0.3 is 0 Å². The number of benzene rings is 1. The molecule has 0 unspecified atom stereocenters. The van der Waals surface area contributed by atoms with Gasteiger partial charge in [-0.25, -0.2) is 0 Å². The van der Waals surface area contributed by atoms with E-state index in [4.69, 9.17) is 14.2 Å². The van der Waals surface area contributed by atoms with Crippen LogP contribution >= 0.6 is 0 Å². The smallest absolute Gasteiger partial charge is 0.184 e. The third-order valence-corrected chi connectivity index (χ3v) is 3.02. The van der Waals surface area contributed by atoms with E-state index >= 15 is 0 Å². The minimum atomic E-state index is -0.298. The minimum absolute atomic E-state index is 0.00334. The molecule has 0 saturated carbocycles. The van der Waals surface area contributed by atoms with Crippen LogP contribution in [0.1, 0.15) is 11.1 Å². The number of carbonyl (C=O) groups is 1. The molecule has 0 atom stereocenters. The number of ether oxygens (including phenoxy) is 3. The Labute approximate surface area is 99.5 Å². The number of ketones is 1. The molecule has 2 heterocycles. The second-order valence-corrected chi connectivity index (χ2v) is 4.33. The van der Waals surface area contributed by atoms with Crippen LogP contribution in [0, 0.1) is 0 Å². The van der Waals surface area contributed by atoms with Gasteiger partial charge in [0.2, 0.25) is 0 Å². The molecule has 1 saturated heterocycles. The van der Waals surface area contributed by atoms with Crippen molar-refractivity contribution in [3.8, 4) is 5.75 Å². The van der Waals surface area contributed by atoms with Crippen molar-refractivity contribution in [3.05, 3.63) is 29.3 Å². The normalized spacial score (nSPS) is 20.1. The summed E-state index contributed by atoms with van der Waals surface area (Å²) >= 11 is 0. The number of hydrogen-bond acceptors (Lipinski definition) is 4. The standard InChI is InChI=1S/C13H14O4/c14-11-7-16-13(17-8-11)6-9-1-2-12-10(5-9)3-4-15-12/h1-2,5,13H,3-4,6-8H2. The average Bonchev–Trinajstić information content (AvgIpc) is 2.79. The Bertz CT molecular complexity index is 431. The van der Waals surface area contributed by atoms with Gasteiger partial charge < -0.3 is 14.2 Å². The maximum atomic E-state index is 10.9. The SMILES string of the molecule is O=C1COC(Cc2ccc3c(c2)CCO3)OC1. The largest absolute Gasteiger partial charge is 0.493 e. The molecule has 2 aliphatic heterocycles. The van der Waals surface area contributed by atoms with E-state index in [0.29, 0.717) is 6.42 Å². The van der Waals surface area contributed by atoms with E-state index in [0.717, 1.165) is 24.3 Å². The fourth-order valence-corrected chi connectivity index (χ4v) is 2.14. The molecule has 4 heteroatoms. The lowest BCUT2D eigenvalue weighted by atomic mass is 10.1. The van der Waals surface area contributed by atoms with Crippen molar-refractivity contribution in [1.82, 2.24) is 0 Å². The summed E-state index contributed by atoms with van der Waals surface area (Å²) in [5.41, 5.74) is 2.41. The molecule has 1 aromatic carbocycles. The van der Waals surface area contributed by atoms with Crippen LogP contribution in [-0.4, -0.2) is 31.9 Å². The number of Topliss-reactive ketones (excluding diaryl/α,β-unsaturated/α-hetero) is 1. The van der Waals surface area contributed by atoms with E-state index in [9.17, 15) is 4.79 Å². The molecule has 1 fully saturated rings. The Kier molecular flexibility index (Phi) is 2.82. The molecule has 90 valence electrons. The summed E-state index contributed by atoms with van der Waals surface area (Å²) in [6, 6.07) is 6.14. The summed E-state index contributed by atoms with van der Waals surface area (Å²) < 4.78 is 16.1. The fraction of sp³-hybridized carbons (Fsp3) is 0.462. The summed E-state index contributed by atoms with van der Waals surface area (Å²) in [4.78, 5) is 10.9. The van der Waals surface area contributed by atoms with Gasteiger partial charge in [0.25, 0.3) is 0 Å². The van der Waals surface area contributed by atoms with Crippen molar-refractivity contribution >= 4 is 5.78 Å². The van der Waals surface area contributed by atoms with Crippen molar-refractivity contribution in [2.45, 2.75) is 19.1 Å². The quantitative estimate of drug-likeness (QED) is 0.768. The molecular formula is C13H14O4. The molecule has 1 aromatic rings. The van der Waals surface area contributed by atoms with Crippen LogP contribution in [0.5, 0.6) is 5.75 Å². The summed E-state index contributed by atoms with van der Waals surface area (Å²) in [5.74, 6) is 0.984. The van der Waals surface area contributed by atoms with Crippen molar-refractivity contribution in [2.75, 3.05) is 19.8 Å². The maximum Gasteiger partial charge on any atom is 0.184 e. The summed E-state index contributed by atoms with van der Waals surface area (Å²) in [7, 11) is 0. The van der Waals surface area contributed by atoms with Crippen LogP contribution in [0.4, 0.5) is 0 Å². The molecule has 0 amide bonds. The van der Waals surface area contributed by atoms with Crippen molar-refractivity contribution in [2.24, 2.45) is 0 Å². The molecule has 17 heavy (non-hydrogen) atoms. The lowest BCUT2D eigenvalue weighted by Crippen LogP contribution is -2.33. The van der Waals surface area contributed by atoms with Gasteiger partial charge in [0.1, 0.15) is 19.0 Å². The predicted molar refractivity (Wildman–Crippen MR) is 60.0 cm³/mol. The van der Waals surface area contributed by atoms with Gasteiger partial charge in [0.15, 0.2) is 12.1 Å². The summed E-state index contributed by atoms with van der Waals surface area (Å²) in [6.07, 6.45) is 1.35. The summed E-state index contributed by atoms with van der Waals surface area (Å²) in [6.45, 7) is 1.10. The van der Waals surface area contributed by atoms with E-state index in [-0.39, 0.29) is 25.3 Å². The third-order valence-electron chi connectivity index (χ3n) is 3.02. The maximum absolute atomic E-state index is 10.9. The molecule has 4 nitrogen and oxygen atoms in total. The average molecular weight is 234 g/mol. The molecule has 3 rings (SSSR count). The zero-order valence-electron chi connectivity index (χ0n) is 9.48. The van der Waals surface area contributed by atoms with E-state index < -0.39 is 0 Å². The zero-order valence-corrected chi connectivity index (χ0v) is 9.48. The Morgan fingerprint density at radius 1 is 1.24 bits per heavy atom. The Balaban J connectivity index is 1.67. The van der Waals surface area contributed by atoms with Crippen LogP contribution in [0.25, 0.3) is 0 Å². The number of fused-ring (bicyclic) bond motifs is 1. The first-order valence-electron chi connectivity index (χ1n) is 5.81. The first-order valence-corrected chi connectivity index (χ1v) is 5.81. The molecule has 0 aromatic heterocycles. The fourth-order valence-electron chi connectivity index (χ4n) is 2.14. The van der Waals surface area contributed by atoms with Crippen molar-refractivity contribution in [1.29, 1.82) is 0 Å². The highest BCUT2D eigenvalue weighted by molar-refractivity contribution is 5.81. The van der Waals surface area contributed by atoms with Gasteiger partial charge in [-0.3, -0.25) is 4.79 Å². The molecule has 2 aliphatic rings. The van der Waals surface area contributed by atoms with E-state index in [1.54, 1.807) is 0 Å². The molecule has 0 N–H and O–H groups in total. The van der Waals surface area contributed by atoms with E-state index in [2.05, 4.69) is 6.07 Å². The highest BCUT2D eigenvalue weighted by Crippen LogP contribution is 2.26. The lowest BCUT2D eigenvalue weighted by molar-refractivity contribution is -0.185. The Hall–Kier alpha value is -1.39. The number of hydrogen-bond donors (Lipinski definition) is 0. The predicted octanol–water partition coefficient (Wildman–Crippen LogP) is 1.11. The first-order chi connectivity index (χ1) is 8.31. The van der Waals surface area contributed by atoms with Gasteiger partial charge in [-0.05, 0) is 17.2 Å². The molecular weight excluding hydrogens is 220 g/mol. The van der Waals surface area contributed by atoms with Crippen LogP contribution in [-0.2, 0) is 27.1 Å². The van der Waals surface area contributed by atoms with Crippen LogP contribution < -0.4 is 4.74 Å². The number of rotatable bonds is 2. The second-order valence-electron chi connectivity index (χ2n) is 4.33. The lowest BCUT2D eigenvalue weighted by Gasteiger charge is -2.22. The highest BCUT2D eigenvalue weighted by Gasteiger charge is 2.20. The van der Waals surface area contributed by atoms with Gasteiger partial charge in [0, 0.05) is 12.8 Å². The van der Waals surface area contributed by atoms with E-state index in [1.165, 1.54) is 5.56 Å². The van der Waals surface area contributed by atoms with Gasteiger partial charge in [0.05, 0.1) is 6.61 Å². The van der Waals surface area contributed by atoms with Crippen molar-refractivity contribution in [3.63, 3.8) is 0 Å². The highest BCUT2D eigenvalue weighted by atomic mass is 16.7. The third kappa shape index (κ3) is 2.33. The molecule has 0 aliphatic carbocycles. The summed E-state index contributed by atoms with van der Waals surface area (Å²) in [5, 5.41) is 0. The van der Waals surface area contributed by atoms with Gasteiger partial charge in [-0.2, -0.15) is 0 Å².